The maximum Gasteiger partial charge on any atom is 0.524 e. The van der Waals surface area contributed by atoms with Crippen molar-refractivity contribution in [3.8, 4) is 5.75 Å². The van der Waals surface area contributed by atoms with Gasteiger partial charge in [-0.15, -0.1) is 11.8 Å². The third-order valence-corrected chi connectivity index (χ3v) is 8.67. The number of carboxylic acid groups (broad SMARTS) is 1. The number of hydrogen-bond acceptors (Lipinski definition) is 7. The molecule has 0 heterocycles. The Balaban J connectivity index is 2.26. The van der Waals surface area contributed by atoms with Crippen LogP contribution in [-0.2, 0) is 35.9 Å². The van der Waals surface area contributed by atoms with Crippen molar-refractivity contribution in [3.63, 3.8) is 0 Å². The first kappa shape index (κ1) is 39.8. The van der Waals surface area contributed by atoms with E-state index in [9.17, 15) is 28.8 Å². The van der Waals surface area contributed by atoms with E-state index in [1.54, 1.807) is 4.90 Å². The molecular formula is C33H48N3O9PS. The van der Waals surface area contributed by atoms with Crippen molar-refractivity contribution in [2.45, 2.75) is 89.5 Å². The molecule has 12 nitrogen and oxygen atoms in total. The van der Waals surface area contributed by atoms with Crippen LogP contribution >= 0.6 is 19.6 Å². The number of carboxylic acids is 1. The normalized spacial score (nSPS) is 12.5. The van der Waals surface area contributed by atoms with Gasteiger partial charge < -0.3 is 25.2 Å². The number of thioether (sulfide) groups is 1. The molecule has 5 N–H and O–H groups in total. The van der Waals surface area contributed by atoms with Crippen LogP contribution in [0.1, 0.15) is 76.3 Å². The fourth-order valence-electron chi connectivity index (χ4n) is 4.80. The number of nitrogens with one attached hydrogen (secondary N) is 2. The lowest BCUT2D eigenvalue weighted by atomic mass is 10.0. The summed E-state index contributed by atoms with van der Waals surface area (Å²) in [4.78, 5) is 71.9. The zero-order chi connectivity index (χ0) is 34.7. The van der Waals surface area contributed by atoms with E-state index in [1.165, 1.54) is 36.0 Å². The summed E-state index contributed by atoms with van der Waals surface area (Å²) in [5.41, 5.74) is 1.59. The van der Waals surface area contributed by atoms with E-state index in [1.807, 2.05) is 30.3 Å². The number of carbonyl (C=O) groups excluding carboxylic acids is 3. The topological polar surface area (TPSA) is 183 Å². The Bertz CT molecular complexity index is 1300. The highest BCUT2D eigenvalue weighted by atomic mass is 32.2. The summed E-state index contributed by atoms with van der Waals surface area (Å²) in [6, 6.07) is 13.1. The number of benzene rings is 2. The van der Waals surface area contributed by atoms with Gasteiger partial charge in [0.15, 0.2) is 0 Å². The van der Waals surface area contributed by atoms with E-state index in [2.05, 4.69) is 29.0 Å². The van der Waals surface area contributed by atoms with Gasteiger partial charge in [0.1, 0.15) is 17.8 Å². The van der Waals surface area contributed by atoms with Crippen LogP contribution in [0.3, 0.4) is 0 Å². The van der Waals surface area contributed by atoms with Crippen molar-refractivity contribution < 1.29 is 43.2 Å². The molecule has 47 heavy (non-hydrogen) atoms. The zero-order valence-electron chi connectivity index (χ0n) is 27.1. The number of carbonyl (C=O) groups is 4. The Hall–Kier alpha value is -3.38. The van der Waals surface area contributed by atoms with Gasteiger partial charge in [-0.2, -0.15) is 0 Å². The lowest BCUT2D eigenvalue weighted by Crippen LogP contribution is -2.55. The minimum Gasteiger partial charge on any atom is -0.481 e. The van der Waals surface area contributed by atoms with Crippen LogP contribution < -0.4 is 15.2 Å². The third kappa shape index (κ3) is 16.8. The Kier molecular flexibility index (Phi) is 18.2. The first-order valence-corrected chi connectivity index (χ1v) is 18.7. The number of hydrogen-bond donors (Lipinski definition) is 5. The standard InChI is InChI=1S/C33H48N3O9PS/c1-3-5-10-20-36(21-11-6-4-2)33(41)28(18-19-31(38)39)35-32(40)29(22-25-14-16-27(17-15-25)45-46(42,43)44)34-30(37)24-47-23-26-12-8-7-9-13-26/h7-9,12-17,28-29H,3-6,10-11,18-24H2,1-2H3,(H,34,37)(H,35,40)(H,38,39)(H2,42,43,44)/t28-,29-/m0/s1. The number of aliphatic carboxylic acids is 1. The van der Waals surface area contributed by atoms with Crippen molar-refractivity contribution in [1.82, 2.24) is 15.5 Å². The first-order chi connectivity index (χ1) is 22.4. The van der Waals surface area contributed by atoms with Gasteiger partial charge >= 0.3 is 13.8 Å². The molecule has 0 unspecified atom stereocenters. The minimum absolute atomic E-state index is 0.00628. The number of phosphoric acid groups is 1. The average Bonchev–Trinajstić information content (AvgIpc) is 3.02. The van der Waals surface area contributed by atoms with Gasteiger partial charge in [0.05, 0.1) is 5.75 Å². The van der Waals surface area contributed by atoms with Crippen LogP contribution in [0.2, 0.25) is 0 Å². The molecule has 14 heteroatoms. The molecule has 0 fully saturated rings. The minimum atomic E-state index is -4.77. The predicted octanol–water partition coefficient (Wildman–Crippen LogP) is 4.68. The highest BCUT2D eigenvalue weighted by molar-refractivity contribution is 7.99. The van der Waals surface area contributed by atoms with E-state index >= 15 is 0 Å². The van der Waals surface area contributed by atoms with Crippen LogP contribution in [-0.4, -0.2) is 74.4 Å². The van der Waals surface area contributed by atoms with Gasteiger partial charge in [0.25, 0.3) is 0 Å². The highest BCUT2D eigenvalue weighted by Crippen LogP contribution is 2.37. The van der Waals surface area contributed by atoms with Gasteiger partial charge in [-0.1, -0.05) is 82.0 Å². The molecule has 2 rings (SSSR count). The Morgan fingerprint density at radius 3 is 2.02 bits per heavy atom. The van der Waals surface area contributed by atoms with Gasteiger partial charge in [-0.05, 0) is 42.5 Å². The summed E-state index contributed by atoms with van der Waals surface area (Å²) in [6.07, 6.45) is 4.91. The molecular weight excluding hydrogens is 645 g/mol. The van der Waals surface area contributed by atoms with E-state index < -0.39 is 37.7 Å². The second-order valence-electron chi connectivity index (χ2n) is 11.3. The van der Waals surface area contributed by atoms with E-state index in [4.69, 9.17) is 9.79 Å². The van der Waals surface area contributed by atoms with Crippen LogP contribution in [0.5, 0.6) is 5.75 Å². The Morgan fingerprint density at radius 2 is 1.47 bits per heavy atom. The summed E-state index contributed by atoms with van der Waals surface area (Å²) in [5, 5.41) is 14.9. The first-order valence-electron chi connectivity index (χ1n) is 16.0. The maximum atomic E-state index is 13.8. The predicted molar refractivity (Wildman–Crippen MR) is 182 cm³/mol. The summed E-state index contributed by atoms with van der Waals surface area (Å²) in [6.45, 7) is 5.12. The van der Waals surface area contributed by atoms with Crippen molar-refractivity contribution in [1.29, 1.82) is 0 Å². The fourth-order valence-corrected chi connectivity index (χ4v) is 5.99. The Labute approximate surface area is 281 Å². The molecule has 0 aliphatic heterocycles. The van der Waals surface area contributed by atoms with Gasteiger partial charge in [-0.3, -0.25) is 29.0 Å². The quantitative estimate of drug-likeness (QED) is 0.0810. The molecule has 3 amide bonds. The van der Waals surface area contributed by atoms with Crippen molar-refractivity contribution in [2.75, 3.05) is 18.8 Å². The van der Waals surface area contributed by atoms with Crippen molar-refractivity contribution in [2.24, 2.45) is 0 Å². The average molecular weight is 694 g/mol. The number of amides is 3. The molecule has 0 saturated heterocycles. The maximum absolute atomic E-state index is 13.8. The van der Waals surface area contributed by atoms with Gasteiger partial charge in [-0.25, -0.2) is 4.57 Å². The molecule has 0 aliphatic carbocycles. The van der Waals surface area contributed by atoms with Gasteiger partial charge in [0.2, 0.25) is 17.7 Å². The summed E-state index contributed by atoms with van der Waals surface area (Å²) in [7, 11) is -4.77. The molecule has 0 spiro atoms. The fraction of sp³-hybridized carbons (Fsp3) is 0.515. The number of phosphoric ester groups is 1. The molecule has 260 valence electrons. The summed E-state index contributed by atoms with van der Waals surface area (Å²) in [5.74, 6) is -1.92. The van der Waals surface area contributed by atoms with Crippen molar-refractivity contribution >= 4 is 43.3 Å². The number of unbranched alkanes of at least 4 members (excludes halogenated alkanes) is 4. The van der Waals surface area contributed by atoms with Crippen LogP contribution in [0, 0.1) is 0 Å². The molecule has 0 aliphatic rings. The van der Waals surface area contributed by atoms with E-state index in [-0.39, 0.29) is 36.7 Å². The molecule has 0 aromatic heterocycles. The lowest BCUT2D eigenvalue weighted by molar-refractivity contribution is -0.140. The molecule has 2 aromatic carbocycles. The summed E-state index contributed by atoms with van der Waals surface area (Å²) >= 11 is 1.37. The monoisotopic (exact) mass is 693 g/mol. The van der Waals surface area contributed by atoms with Crippen LogP contribution in [0.25, 0.3) is 0 Å². The van der Waals surface area contributed by atoms with Crippen LogP contribution in [0.4, 0.5) is 0 Å². The zero-order valence-corrected chi connectivity index (χ0v) is 28.8. The Morgan fingerprint density at radius 1 is 0.851 bits per heavy atom. The third-order valence-electron chi connectivity index (χ3n) is 7.22. The SMILES string of the molecule is CCCCCN(CCCCC)C(=O)[C@H](CCC(=O)O)NC(=O)[C@H](Cc1ccc(OP(=O)(O)O)cc1)NC(=O)CSCc1ccccc1. The second kappa shape index (κ2) is 21.5. The molecule has 0 bridgehead atoms. The number of nitrogens with zero attached hydrogens (tertiary/aromatic N) is 1. The lowest BCUT2D eigenvalue weighted by Gasteiger charge is -2.29. The van der Waals surface area contributed by atoms with E-state index in [0.29, 0.717) is 24.4 Å². The molecule has 2 aromatic rings. The largest absolute Gasteiger partial charge is 0.524 e. The number of rotatable bonds is 23. The second-order valence-corrected chi connectivity index (χ2v) is 13.4. The smallest absolute Gasteiger partial charge is 0.481 e. The van der Waals surface area contributed by atoms with Crippen molar-refractivity contribution in [3.05, 3.63) is 65.7 Å². The molecule has 0 saturated carbocycles. The summed E-state index contributed by atoms with van der Waals surface area (Å²) < 4.78 is 15.8. The highest BCUT2D eigenvalue weighted by Gasteiger charge is 2.30. The van der Waals surface area contributed by atoms with Gasteiger partial charge in [0, 0.05) is 31.7 Å². The molecule has 2 atom stereocenters. The molecule has 0 radical (unpaired) electrons. The van der Waals surface area contributed by atoms with Crippen LogP contribution in [0.15, 0.2) is 54.6 Å². The van der Waals surface area contributed by atoms with E-state index in [0.717, 1.165) is 44.1 Å².